The number of nitrogens with one attached hydrogen (secondary N) is 1. The second-order valence-electron chi connectivity index (χ2n) is 4.15. The van der Waals surface area contributed by atoms with E-state index in [0.29, 0.717) is 6.04 Å². The summed E-state index contributed by atoms with van der Waals surface area (Å²) in [5.74, 6) is 0.944. The average Bonchev–Trinajstić information content (AvgIpc) is 2.39. The summed E-state index contributed by atoms with van der Waals surface area (Å²) in [5, 5.41) is 3.58. The van der Waals surface area contributed by atoms with Gasteiger partial charge in [-0.25, -0.2) is 0 Å². The topological polar surface area (TPSA) is 21.3 Å². The maximum absolute atomic E-state index is 5.49. The van der Waals surface area contributed by atoms with Crippen LogP contribution in [0.3, 0.4) is 0 Å². The molecule has 0 aliphatic carbocycles. The van der Waals surface area contributed by atoms with Gasteiger partial charge in [-0.05, 0) is 25.0 Å². The van der Waals surface area contributed by atoms with Gasteiger partial charge in [0.1, 0.15) is 0 Å². The highest BCUT2D eigenvalue weighted by molar-refractivity contribution is 7.99. The molecule has 1 unspecified atom stereocenters. The van der Waals surface area contributed by atoms with E-state index >= 15 is 0 Å². The van der Waals surface area contributed by atoms with Crippen molar-refractivity contribution in [3.8, 4) is 0 Å². The van der Waals surface area contributed by atoms with E-state index in [-0.39, 0.29) is 0 Å². The molecule has 1 heterocycles. The molecular formula is C14H19NOS. The van der Waals surface area contributed by atoms with Crippen LogP contribution in [0.4, 0.5) is 5.69 Å². The zero-order valence-electron chi connectivity index (χ0n) is 10.0. The second-order valence-corrected chi connectivity index (χ2v) is 5.22. The van der Waals surface area contributed by atoms with Crippen molar-refractivity contribution in [2.75, 3.05) is 24.3 Å². The lowest BCUT2D eigenvalue weighted by atomic mass is 10.1. The van der Waals surface area contributed by atoms with E-state index in [1.165, 1.54) is 17.0 Å². The Morgan fingerprint density at radius 1 is 1.47 bits per heavy atom. The third-order valence-corrected chi connectivity index (χ3v) is 3.83. The summed E-state index contributed by atoms with van der Waals surface area (Å²) in [7, 11) is 0. The molecule has 17 heavy (non-hydrogen) atoms. The summed E-state index contributed by atoms with van der Waals surface area (Å²) >= 11 is 1.81. The molecule has 1 atom stereocenters. The van der Waals surface area contributed by atoms with Crippen molar-refractivity contribution in [1.82, 2.24) is 0 Å². The van der Waals surface area contributed by atoms with Gasteiger partial charge in [-0.3, -0.25) is 0 Å². The van der Waals surface area contributed by atoms with Crippen molar-refractivity contribution in [3.63, 3.8) is 0 Å². The minimum Gasteiger partial charge on any atom is -0.379 e. The maximum Gasteiger partial charge on any atom is 0.0667 e. The Morgan fingerprint density at radius 2 is 2.35 bits per heavy atom. The predicted molar refractivity (Wildman–Crippen MR) is 74.8 cm³/mol. The first kappa shape index (κ1) is 12.5. The molecule has 1 fully saturated rings. The van der Waals surface area contributed by atoms with Crippen LogP contribution in [0, 0.1) is 0 Å². The summed E-state index contributed by atoms with van der Waals surface area (Å²) in [5.41, 5.74) is 1.22. The van der Waals surface area contributed by atoms with Crippen LogP contribution in [0.5, 0.6) is 0 Å². The largest absolute Gasteiger partial charge is 0.379 e. The molecule has 3 heteroatoms. The molecule has 0 amide bonds. The highest BCUT2D eigenvalue weighted by atomic mass is 32.2. The Kier molecular flexibility index (Phi) is 4.95. The number of thioether (sulfide) groups is 1. The van der Waals surface area contributed by atoms with Crippen molar-refractivity contribution < 1.29 is 4.74 Å². The minimum absolute atomic E-state index is 0.453. The molecule has 0 saturated carbocycles. The van der Waals surface area contributed by atoms with Gasteiger partial charge in [-0.2, -0.15) is 0 Å². The van der Waals surface area contributed by atoms with Crippen molar-refractivity contribution in [2.24, 2.45) is 0 Å². The fraction of sp³-hybridized carbons (Fsp3) is 0.429. The fourth-order valence-corrected chi connectivity index (χ4v) is 2.69. The summed E-state index contributed by atoms with van der Waals surface area (Å²) in [6, 6.07) is 8.90. The zero-order chi connectivity index (χ0) is 11.9. The van der Waals surface area contributed by atoms with Gasteiger partial charge in [0.15, 0.2) is 0 Å². The SMILES string of the molecule is C=CCSc1ccccc1NC1CCCOC1. The number of ether oxygens (including phenoxy) is 1. The first-order valence-corrected chi connectivity index (χ1v) is 7.05. The quantitative estimate of drug-likeness (QED) is 0.637. The molecule has 1 aliphatic rings. The van der Waals surface area contributed by atoms with E-state index in [2.05, 4.69) is 36.2 Å². The van der Waals surface area contributed by atoms with Crippen molar-refractivity contribution in [2.45, 2.75) is 23.8 Å². The Morgan fingerprint density at radius 3 is 3.12 bits per heavy atom. The van der Waals surface area contributed by atoms with Crippen molar-refractivity contribution >= 4 is 17.4 Å². The molecular weight excluding hydrogens is 230 g/mol. The van der Waals surface area contributed by atoms with Crippen LogP contribution < -0.4 is 5.32 Å². The molecule has 0 spiro atoms. The molecule has 92 valence electrons. The van der Waals surface area contributed by atoms with Gasteiger partial charge >= 0.3 is 0 Å². The number of hydrogen-bond donors (Lipinski definition) is 1. The maximum atomic E-state index is 5.49. The minimum atomic E-state index is 0.453. The van der Waals surface area contributed by atoms with E-state index in [1.807, 2.05) is 17.8 Å². The second kappa shape index (κ2) is 6.72. The Hall–Kier alpha value is -0.930. The van der Waals surface area contributed by atoms with E-state index in [0.717, 1.165) is 25.4 Å². The molecule has 1 aromatic carbocycles. The normalized spacial score (nSPS) is 19.9. The van der Waals surface area contributed by atoms with Gasteiger partial charge in [-0.1, -0.05) is 18.2 Å². The smallest absolute Gasteiger partial charge is 0.0667 e. The third kappa shape index (κ3) is 3.79. The summed E-state index contributed by atoms with van der Waals surface area (Å²) in [6.45, 7) is 5.49. The summed E-state index contributed by atoms with van der Waals surface area (Å²) in [4.78, 5) is 1.29. The third-order valence-electron chi connectivity index (χ3n) is 2.76. The van der Waals surface area contributed by atoms with Crippen LogP contribution in [0.1, 0.15) is 12.8 Å². The van der Waals surface area contributed by atoms with Crippen LogP contribution >= 0.6 is 11.8 Å². The van der Waals surface area contributed by atoms with E-state index in [1.54, 1.807) is 0 Å². The van der Waals surface area contributed by atoms with E-state index < -0.39 is 0 Å². The monoisotopic (exact) mass is 249 g/mol. The van der Waals surface area contributed by atoms with Crippen molar-refractivity contribution in [1.29, 1.82) is 0 Å². The van der Waals surface area contributed by atoms with Gasteiger partial charge in [-0.15, -0.1) is 18.3 Å². The Balaban J connectivity index is 2.00. The number of hydrogen-bond acceptors (Lipinski definition) is 3. The standard InChI is InChI=1S/C14H19NOS/c1-2-10-17-14-8-4-3-7-13(14)15-12-6-5-9-16-11-12/h2-4,7-8,12,15H,1,5-6,9-11H2. The first-order chi connectivity index (χ1) is 8.40. The molecule has 1 aromatic rings. The number of para-hydroxylation sites is 1. The first-order valence-electron chi connectivity index (χ1n) is 6.07. The van der Waals surface area contributed by atoms with Crippen LogP contribution in [0.15, 0.2) is 41.8 Å². The summed E-state index contributed by atoms with van der Waals surface area (Å²) in [6.07, 6.45) is 4.28. The summed E-state index contributed by atoms with van der Waals surface area (Å²) < 4.78 is 5.49. The Labute approximate surface area is 107 Å². The van der Waals surface area contributed by atoms with Crippen LogP contribution in [-0.2, 0) is 4.74 Å². The van der Waals surface area contributed by atoms with Crippen LogP contribution in [0.2, 0.25) is 0 Å². The van der Waals surface area contributed by atoms with E-state index in [9.17, 15) is 0 Å². The number of anilines is 1. The van der Waals surface area contributed by atoms with Gasteiger partial charge in [0.2, 0.25) is 0 Å². The Bertz CT molecular complexity index is 361. The molecule has 1 aliphatic heterocycles. The van der Waals surface area contributed by atoms with E-state index in [4.69, 9.17) is 4.74 Å². The molecule has 0 aromatic heterocycles. The van der Waals surface area contributed by atoms with Gasteiger partial charge < -0.3 is 10.1 Å². The zero-order valence-corrected chi connectivity index (χ0v) is 10.8. The van der Waals surface area contributed by atoms with Crippen LogP contribution in [-0.4, -0.2) is 25.0 Å². The molecule has 2 rings (SSSR count). The lowest BCUT2D eigenvalue weighted by Gasteiger charge is -2.25. The molecule has 2 nitrogen and oxygen atoms in total. The fourth-order valence-electron chi connectivity index (χ4n) is 1.93. The van der Waals surface area contributed by atoms with Crippen molar-refractivity contribution in [3.05, 3.63) is 36.9 Å². The lowest BCUT2D eigenvalue weighted by molar-refractivity contribution is 0.0875. The number of benzene rings is 1. The lowest BCUT2D eigenvalue weighted by Crippen LogP contribution is -2.30. The molecule has 1 saturated heterocycles. The van der Waals surface area contributed by atoms with Gasteiger partial charge in [0, 0.05) is 29.0 Å². The highest BCUT2D eigenvalue weighted by Crippen LogP contribution is 2.28. The van der Waals surface area contributed by atoms with Gasteiger partial charge in [0.05, 0.1) is 6.61 Å². The predicted octanol–water partition coefficient (Wildman–Crippen LogP) is 3.56. The highest BCUT2D eigenvalue weighted by Gasteiger charge is 2.14. The number of rotatable bonds is 5. The van der Waals surface area contributed by atoms with Gasteiger partial charge in [0.25, 0.3) is 0 Å². The van der Waals surface area contributed by atoms with Crippen LogP contribution in [0.25, 0.3) is 0 Å². The molecule has 1 N–H and O–H groups in total. The molecule has 0 radical (unpaired) electrons. The average molecular weight is 249 g/mol. The molecule has 0 bridgehead atoms.